The molecule has 0 aliphatic carbocycles. The minimum Gasteiger partial charge on any atom is -0.477 e. The smallest absolute Gasteiger partial charge is 0.416 e. The van der Waals surface area contributed by atoms with Crippen LogP contribution in [0.1, 0.15) is 21.6 Å². The number of alkyl halides is 6. The lowest BCUT2D eigenvalue weighted by molar-refractivity contribution is -0.143. The molecule has 0 fully saturated rings. The summed E-state index contributed by atoms with van der Waals surface area (Å²) < 4.78 is 76.7. The molecule has 2 rings (SSSR count). The van der Waals surface area contributed by atoms with Crippen LogP contribution >= 0.6 is 0 Å². The summed E-state index contributed by atoms with van der Waals surface area (Å²) in [6.07, 6.45) is -9.97. The summed E-state index contributed by atoms with van der Waals surface area (Å²) in [6, 6.07) is 4.35. The molecular weight excluding hydrogens is 328 g/mol. The van der Waals surface area contributed by atoms with E-state index in [0.717, 1.165) is 12.1 Å². The van der Waals surface area contributed by atoms with Crippen molar-refractivity contribution in [3.05, 3.63) is 53.2 Å². The highest BCUT2D eigenvalue weighted by Gasteiger charge is 2.37. The number of carboxylic acids is 1. The highest BCUT2D eigenvalue weighted by molar-refractivity contribution is 5.86. The zero-order chi connectivity index (χ0) is 17.4. The standard InChI is InChI=1S/C14H7F6NO2/c15-13(16,17)8-4-7(5-9(6-8)14(18,19)20)10-2-1-3-11(21-10)12(22)23/h1-6H,(H,22,23). The van der Waals surface area contributed by atoms with Gasteiger partial charge in [0.05, 0.1) is 16.8 Å². The minimum absolute atomic E-state index is 0.00938. The maximum atomic E-state index is 12.8. The molecule has 0 amide bonds. The lowest BCUT2D eigenvalue weighted by atomic mass is 10.0. The van der Waals surface area contributed by atoms with Crippen LogP contribution in [0.2, 0.25) is 0 Å². The first-order valence-electron chi connectivity index (χ1n) is 5.98. The number of nitrogens with zero attached hydrogens (tertiary/aromatic N) is 1. The highest BCUT2D eigenvalue weighted by atomic mass is 19.4. The van der Waals surface area contributed by atoms with E-state index in [0.29, 0.717) is 12.1 Å². The Morgan fingerprint density at radius 1 is 0.913 bits per heavy atom. The summed E-state index contributed by atoms with van der Waals surface area (Å²) in [5.41, 5.74) is -4.26. The molecule has 0 aliphatic rings. The number of hydrogen-bond acceptors (Lipinski definition) is 2. The van der Waals surface area contributed by atoms with Crippen molar-refractivity contribution >= 4 is 5.97 Å². The van der Waals surface area contributed by atoms with Crippen molar-refractivity contribution in [3.8, 4) is 11.3 Å². The maximum Gasteiger partial charge on any atom is 0.416 e. The lowest BCUT2D eigenvalue weighted by Gasteiger charge is -2.14. The van der Waals surface area contributed by atoms with Gasteiger partial charge in [0.15, 0.2) is 0 Å². The van der Waals surface area contributed by atoms with Gasteiger partial charge in [-0.25, -0.2) is 9.78 Å². The van der Waals surface area contributed by atoms with E-state index in [1.54, 1.807) is 0 Å². The van der Waals surface area contributed by atoms with E-state index in [2.05, 4.69) is 4.98 Å². The molecule has 3 nitrogen and oxygen atoms in total. The number of rotatable bonds is 2. The van der Waals surface area contributed by atoms with E-state index in [4.69, 9.17) is 5.11 Å². The van der Waals surface area contributed by atoms with Gasteiger partial charge >= 0.3 is 18.3 Å². The number of benzene rings is 1. The summed E-state index contributed by atoms with van der Waals surface area (Å²) in [5.74, 6) is -1.45. The van der Waals surface area contributed by atoms with Gasteiger partial charge in [-0.3, -0.25) is 0 Å². The molecule has 0 bridgehead atoms. The van der Waals surface area contributed by atoms with Gasteiger partial charge in [-0.2, -0.15) is 26.3 Å². The third-order valence-corrected chi connectivity index (χ3v) is 2.85. The lowest BCUT2D eigenvalue weighted by Crippen LogP contribution is -2.11. The summed E-state index contributed by atoms with van der Waals surface area (Å²) in [4.78, 5) is 14.4. The van der Waals surface area contributed by atoms with Crippen LogP contribution in [0, 0.1) is 0 Å². The van der Waals surface area contributed by atoms with Crippen molar-refractivity contribution in [2.24, 2.45) is 0 Å². The summed E-state index contributed by atoms with van der Waals surface area (Å²) >= 11 is 0. The minimum atomic E-state index is -4.99. The fourth-order valence-corrected chi connectivity index (χ4v) is 1.82. The molecule has 0 atom stereocenters. The number of carboxylic acid groups (broad SMARTS) is 1. The van der Waals surface area contributed by atoms with Crippen LogP contribution in [0.5, 0.6) is 0 Å². The SMILES string of the molecule is O=C(O)c1cccc(-c2cc(C(F)(F)F)cc(C(F)(F)F)c2)n1. The summed E-state index contributed by atoms with van der Waals surface area (Å²) in [6.45, 7) is 0. The average molecular weight is 335 g/mol. The second-order valence-electron chi connectivity index (χ2n) is 4.51. The van der Waals surface area contributed by atoms with Gasteiger partial charge in [-0.1, -0.05) is 6.07 Å². The van der Waals surface area contributed by atoms with Crippen molar-refractivity contribution in [3.63, 3.8) is 0 Å². The first-order chi connectivity index (χ1) is 10.5. The van der Waals surface area contributed by atoms with E-state index in [1.807, 2.05) is 0 Å². The topological polar surface area (TPSA) is 50.2 Å². The molecule has 0 unspecified atom stereocenters. The zero-order valence-corrected chi connectivity index (χ0v) is 11.0. The number of halogens is 6. The average Bonchev–Trinajstić information content (AvgIpc) is 2.45. The van der Waals surface area contributed by atoms with Crippen LogP contribution in [-0.4, -0.2) is 16.1 Å². The Kier molecular flexibility index (Phi) is 4.06. The van der Waals surface area contributed by atoms with Gasteiger partial charge < -0.3 is 5.11 Å². The number of pyridine rings is 1. The van der Waals surface area contributed by atoms with Gasteiger partial charge in [0.25, 0.3) is 0 Å². The van der Waals surface area contributed by atoms with Gasteiger partial charge in [0.1, 0.15) is 5.69 Å². The Morgan fingerprint density at radius 3 is 1.87 bits per heavy atom. The quantitative estimate of drug-likeness (QED) is 0.823. The van der Waals surface area contributed by atoms with Crippen molar-refractivity contribution in [1.82, 2.24) is 4.98 Å². The Morgan fingerprint density at radius 2 is 1.43 bits per heavy atom. The number of aromatic nitrogens is 1. The van der Waals surface area contributed by atoms with Crippen LogP contribution < -0.4 is 0 Å². The van der Waals surface area contributed by atoms with E-state index in [9.17, 15) is 31.1 Å². The monoisotopic (exact) mass is 335 g/mol. The molecule has 0 saturated heterocycles. The summed E-state index contributed by atoms with van der Waals surface area (Å²) in [5, 5.41) is 8.80. The van der Waals surface area contributed by atoms with Crippen molar-refractivity contribution in [2.75, 3.05) is 0 Å². The Balaban J connectivity index is 2.67. The fraction of sp³-hybridized carbons (Fsp3) is 0.143. The summed E-state index contributed by atoms with van der Waals surface area (Å²) in [7, 11) is 0. The van der Waals surface area contributed by atoms with Crippen molar-refractivity contribution in [2.45, 2.75) is 12.4 Å². The molecule has 1 heterocycles. The predicted molar refractivity (Wildman–Crippen MR) is 66.6 cm³/mol. The first-order valence-corrected chi connectivity index (χ1v) is 5.98. The molecule has 0 saturated carbocycles. The molecule has 1 aromatic heterocycles. The molecule has 0 aliphatic heterocycles. The molecular formula is C14H7F6NO2. The van der Waals surface area contributed by atoms with Crippen LogP contribution in [0.15, 0.2) is 36.4 Å². The Labute approximate surface area is 125 Å². The number of hydrogen-bond donors (Lipinski definition) is 1. The van der Waals surface area contributed by atoms with Crippen LogP contribution in [0.4, 0.5) is 26.3 Å². The second-order valence-corrected chi connectivity index (χ2v) is 4.51. The first kappa shape index (κ1) is 16.8. The maximum absolute atomic E-state index is 12.8. The second kappa shape index (κ2) is 5.56. The van der Waals surface area contributed by atoms with E-state index >= 15 is 0 Å². The van der Waals surface area contributed by atoms with Crippen LogP contribution in [0.3, 0.4) is 0 Å². The van der Waals surface area contributed by atoms with E-state index in [-0.39, 0.29) is 11.8 Å². The Bertz CT molecular complexity index is 719. The van der Waals surface area contributed by atoms with Crippen molar-refractivity contribution < 1.29 is 36.2 Å². The third kappa shape index (κ3) is 3.79. The van der Waals surface area contributed by atoms with Crippen LogP contribution in [-0.2, 0) is 12.4 Å². The van der Waals surface area contributed by atoms with Gasteiger partial charge in [-0.15, -0.1) is 0 Å². The molecule has 23 heavy (non-hydrogen) atoms. The molecule has 122 valence electrons. The molecule has 1 N–H and O–H groups in total. The van der Waals surface area contributed by atoms with Gasteiger partial charge in [-0.05, 0) is 30.3 Å². The van der Waals surface area contributed by atoms with E-state index in [1.165, 1.54) is 6.07 Å². The normalized spacial score (nSPS) is 12.3. The fourth-order valence-electron chi connectivity index (χ4n) is 1.82. The highest BCUT2D eigenvalue weighted by Crippen LogP contribution is 2.38. The van der Waals surface area contributed by atoms with Gasteiger partial charge in [0.2, 0.25) is 0 Å². The largest absolute Gasteiger partial charge is 0.477 e. The molecule has 1 aromatic carbocycles. The van der Waals surface area contributed by atoms with Crippen LogP contribution in [0.25, 0.3) is 11.3 Å². The van der Waals surface area contributed by atoms with E-state index < -0.39 is 40.7 Å². The molecule has 2 aromatic rings. The Hall–Kier alpha value is -2.58. The molecule has 9 heteroatoms. The molecule has 0 radical (unpaired) electrons. The van der Waals surface area contributed by atoms with Gasteiger partial charge in [0, 0.05) is 5.56 Å². The van der Waals surface area contributed by atoms with Crippen molar-refractivity contribution in [1.29, 1.82) is 0 Å². The molecule has 0 spiro atoms. The zero-order valence-electron chi connectivity index (χ0n) is 11.0. The third-order valence-electron chi connectivity index (χ3n) is 2.85. The predicted octanol–water partition coefficient (Wildman–Crippen LogP) is 4.48. The number of carbonyl (C=O) groups is 1. The number of aromatic carboxylic acids is 1.